The van der Waals surface area contributed by atoms with Crippen LogP contribution in [-0.2, 0) is 19.1 Å². The highest BCUT2D eigenvalue weighted by Crippen LogP contribution is 2.70. The van der Waals surface area contributed by atoms with Gasteiger partial charge in [-0.05, 0) is 63.5 Å². The molecule has 0 bridgehead atoms. The number of hydrogen-bond donors (Lipinski definition) is 3. The molecule has 0 amide bonds. The topological polar surface area (TPSA) is 121 Å². The minimum Gasteiger partial charge on any atom is -0.466 e. The van der Waals surface area contributed by atoms with E-state index >= 15 is 4.39 Å². The molecule has 0 unspecified atom stereocenters. The minimum absolute atomic E-state index is 0.0676. The van der Waals surface area contributed by atoms with E-state index in [-0.39, 0.29) is 24.1 Å². The van der Waals surface area contributed by atoms with E-state index in [1.165, 1.54) is 19.1 Å². The third-order valence-corrected chi connectivity index (χ3v) is 9.14. The van der Waals surface area contributed by atoms with Crippen molar-refractivity contribution in [3.05, 3.63) is 23.8 Å². The molecule has 4 aliphatic rings. The number of fused-ring (bicyclic) bond motifs is 5. The number of halogens is 1. The molecule has 7 nitrogen and oxygen atoms in total. The lowest BCUT2D eigenvalue weighted by Gasteiger charge is -2.62. The summed E-state index contributed by atoms with van der Waals surface area (Å²) < 4.78 is 21.3. The smallest absolute Gasteiger partial charge is 0.302 e. The fourth-order valence-electron chi connectivity index (χ4n) is 7.46. The first-order valence-corrected chi connectivity index (χ1v) is 12.0. The lowest BCUT2D eigenvalue weighted by Crippen LogP contribution is -2.69. The maximum absolute atomic E-state index is 16.9. The molecule has 8 heteroatoms. The normalized spacial score (nSPS) is 44.6. The standard InChI is InChI=1S/C22H29FO5.C4H8O2/c1-12-8-16-15-5-4-13-9-14(25)6-7-19(13,2)21(15,23)17(26)10-20(16,3)22(12,28)18(27)11-24;1-3-6-4(2)5/h6-7,9,12,15-17,24,26,28H,4-5,8,10-11H2,1-3H3;3H2,1-2H3/t12-,15+,16+,17+,19+,20+,21+,22+;/m1./s1. The molecule has 4 rings (SSSR count). The quantitative estimate of drug-likeness (QED) is 0.531. The third-order valence-electron chi connectivity index (χ3n) is 9.14. The number of aliphatic hydroxyl groups excluding tert-OH is 2. The number of Topliss-reactive ketones (excluding diaryl/α,β-unsaturated/α-hetero) is 1. The molecule has 0 spiro atoms. The van der Waals surface area contributed by atoms with Crippen LogP contribution in [0.5, 0.6) is 0 Å². The Bertz CT molecular complexity index is 928. The van der Waals surface area contributed by atoms with Crippen LogP contribution in [0.25, 0.3) is 0 Å². The second-order valence-electron chi connectivity index (χ2n) is 10.7. The zero-order valence-corrected chi connectivity index (χ0v) is 20.6. The van der Waals surface area contributed by atoms with Crippen LogP contribution in [0.1, 0.15) is 60.3 Å². The van der Waals surface area contributed by atoms with Crippen LogP contribution in [0.3, 0.4) is 0 Å². The SMILES string of the molecule is CCOC(C)=O.C[C@@H]1C[C@H]2[C@@H]3CCC4=CC(=O)C=C[C@]4(C)[C@@]3(F)[C@@H](O)C[C@]2(C)[C@@]1(O)C(=O)CO. The lowest BCUT2D eigenvalue weighted by molar-refractivity contribution is -0.219. The molecular weight excluding hydrogens is 443 g/mol. The summed E-state index contributed by atoms with van der Waals surface area (Å²) in [5.41, 5.74) is -5.17. The number of ether oxygens (including phenoxy) is 1. The molecule has 0 heterocycles. The summed E-state index contributed by atoms with van der Waals surface area (Å²) in [6.07, 6.45) is 4.44. The lowest BCUT2D eigenvalue weighted by atomic mass is 9.44. The van der Waals surface area contributed by atoms with Gasteiger partial charge < -0.3 is 20.1 Å². The van der Waals surface area contributed by atoms with Crippen molar-refractivity contribution in [2.75, 3.05) is 13.2 Å². The number of carbonyl (C=O) groups excluding carboxylic acids is 3. The van der Waals surface area contributed by atoms with E-state index in [2.05, 4.69) is 4.74 Å². The molecule has 8 atom stereocenters. The molecule has 3 N–H and O–H groups in total. The Kier molecular flexibility index (Phi) is 7.03. The van der Waals surface area contributed by atoms with E-state index in [0.717, 1.165) is 0 Å². The Hall–Kier alpha value is -1.90. The Morgan fingerprint density at radius 1 is 1.26 bits per heavy atom. The van der Waals surface area contributed by atoms with E-state index in [9.17, 15) is 29.7 Å². The number of alkyl halides is 1. The molecule has 0 aromatic carbocycles. The zero-order valence-electron chi connectivity index (χ0n) is 20.6. The summed E-state index contributed by atoms with van der Waals surface area (Å²) in [4.78, 5) is 34.2. The summed E-state index contributed by atoms with van der Waals surface area (Å²) >= 11 is 0. The van der Waals surface area contributed by atoms with Crippen molar-refractivity contribution in [1.29, 1.82) is 0 Å². The maximum Gasteiger partial charge on any atom is 0.302 e. The van der Waals surface area contributed by atoms with Crippen molar-refractivity contribution in [3.63, 3.8) is 0 Å². The van der Waals surface area contributed by atoms with Crippen molar-refractivity contribution in [3.8, 4) is 0 Å². The molecule has 190 valence electrons. The average molecular weight is 481 g/mol. The summed E-state index contributed by atoms with van der Waals surface area (Å²) in [6.45, 7) is 8.13. The molecule has 0 aromatic heterocycles. The Morgan fingerprint density at radius 2 is 1.91 bits per heavy atom. The van der Waals surface area contributed by atoms with Crippen molar-refractivity contribution >= 4 is 17.5 Å². The number of rotatable bonds is 3. The number of esters is 1. The first kappa shape index (κ1) is 26.7. The van der Waals surface area contributed by atoms with Crippen LogP contribution in [0.4, 0.5) is 4.39 Å². The van der Waals surface area contributed by atoms with Crippen LogP contribution in [0, 0.1) is 28.6 Å². The molecule has 0 saturated heterocycles. The van der Waals surface area contributed by atoms with Gasteiger partial charge in [0.25, 0.3) is 0 Å². The highest BCUT2D eigenvalue weighted by molar-refractivity contribution is 6.01. The molecule has 0 aliphatic heterocycles. The number of carbonyl (C=O) groups is 3. The summed E-state index contributed by atoms with van der Waals surface area (Å²) in [6, 6.07) is 0. The van der Waals surface area contributed by atoms with Gasteiger partial charge in [0, 0.05) is 23.7 Å². The molecule has 0 radical (unpaired) electrons. The average Bonchev–Trinajstić information content (AvgIpc) is 2.96. The number of aliphatic hydroxyl groups is 3. The summed E-state index contributed by atoms with van der Waals surface area (Å²) in [5.74, 6) is -2.33. The fraction of sp³-hybridized carbons (Fsp3) is 0.731. The van der Waals surface area contributed by atoms with Gasteiger partial charge in [-0.3, -0.25) is 14.4 Å². The van der Waals surface area contributed by atoms with E-state index in [0.29, 0.717) is 31.4 Å². The Morgan fingerprint density at radius 3 is 2.44 bits per heavy atom. The minimum atomic E-state index is -1.98. The first-order valence-electron chi connectivity index (χ1n) is 12.0. The summed E-state index contributed by atoms with van der Waals surface area (Å²) in [7, 11) is 0. The van der Waals surface area contributed by atoms with Gasteiger partial charge in [0.2, 0.25) is 0 Å². The third kappa shape index (κ3) is 3.52. The molecule has 0 aromatic rings. The molecular formula is C26H37FO7. The van der Waals surface area contributed by atoms with E-state index < -0.39 is 52.4 Å². The van der Waals surface area contributed by atoms with Gasteiger partial charge in [-0.15, -0.1) is 0 Å². The first-order chi connectivity index (χ1) is 15.7. The van der Waals surface area contributed by atoms with Crippen molar-refractivity contribution in [1.82, 2.24) is 0 Å². The highest BCUT2D eigenvalue weighted by Gasteiger charge is 2.75. The van der Waals surface area contributed by atoms with Gasteiger partial charge in [-0.1, -0.05) is 25.5 Å². The fourth-order valence-corrected chi connectivity index (χ4v) is 7.46. The van der Waals surface area contributed by atoms with Crippen LogP contribution >= 0.6 is 0 Å². The predicted octanol–water partition coefficient (Wildman–Crippen LogP) is 2.47. The van der Waals surface area contributed by atoms with Crippen molar-refractivity contribution < 1.29 is 38.8 Å². The van der Waals surface area contributed by atoms with Gasteiger partial charge in [-0.25, -0.2) is 4.39 Å². The van der Waals surface area contributed by atoms with Gasteiger partial charge in [0.1, 0.15) is 12.2 Å². The van der Waals surface area contributed by atoms with Crippen LogP contribution < -0.4 is 0 Å². The number of hydrogen-bond acceptors (Lipinski definition) is 7. The molecule has 3 saturated carbocycles. The van der Waals surface area contributed by atoms with Crippen molar-refractivity contribution in [2.45, 2.75) is 77.7 Å². The molecule has 4 aliphatic carbocycles. The molecule has 34 heavy (non-hydrogen) atoms. The van der Waals surface area contributed by atoms with Gasteiger partial charge in [0.15, 0.2) is 17.2 Å². The monoisotopic (exact) mass is 480 g/mol. The van der Waals surface area contributed by atoms with Crippen LogP contribution in [0.2, 0.25) is 0 Å². The Balaban J connectivity index is 0.000000481. The van der Waals surface area contributed by atoms with Gasteiger partial charge in [-0.2, -0.15) is 0 Å². The second-order valence-corrected chi connectivity index (χ2v) is 10.7. The van der Waals surface area contributed by atoms with Gasteiger partial charge >= 0.3 is 5.97 Å². The van der Waals surface area contributed by atoms with Gasteiger partial charge in [0.05, 0.1) is 12.7 Å². The predicted molar refractivity (Wildman–Crippen MR) is 122 cm³/mol. The van der Waals surface area contributed by atoms with Crippen LogP contribution in [-0.4, -0.2) is 63.4 Å². The second kappa shape index (κ2) is 8.95. The largest absolute Gasteiger partial charge is 0.466 e. The summed E-state index contributed by atoms with van der Waals surface area (Å²) in [5, 5.41) is 32.0. The Labute approximate surface area is 200 Å². The van der Waals surface area contributed by atoms with Crippen molar-refractivity contribution in [2.24, 2.45) is 28.6 Å². The van der Waals surface area contributed by atoms with Crippen LogP contribution in [0.15, 0.2) is 23.8 Å². The highest BCUT2D eigenvalue weighted by atomic mass is 19.1. The number of ketones is 2. The molecule has 3 fully saturated rings. The number of allylic oxidation sites excluding steroid dienone is 4. The van der Waals surface area contributed by atoms with E-state index in [4.69, 9.17) is 0 Å². The zero-order chi connectivity index (χ0) is 25.7. The van der Waals surface area contributed by atoms with E-state index in [1.807, 2.05) is 0 Å². The van der Waals surface area contributed by atoms with E-state index in [1.54, 1.807) is 33.8 Å². The maximum atomic E-state index is 16.9.